The molecule has 0 spiro atoms. The second kappa shape index (κ2) is 7.01. The first-order valence-corrected chi connectivity index (χ1v) is 9.09. The molecule has 1 saturated heterocycles. The number of nitrogens with one attached hydrogen (secondary N) is 2. The summed E-state index contributed by atoms with van der Waals surface area (Å²) in [5.74, 6) is 0. The molecule has 3 aromatic rings. The molecule has 1 aliphatic rings. The van der Waals surface area contributed by atoms with E-state index in [1.807, 2.05) is 0 Å². The maximum absolute atomic E-state index is 13.6. The van der Waals surface area contributed by atoms with Gasteiger partial charge in [-0.15, -0.1) is 0 Å². The molecule has 0 bridgehead atoms. The fraction of sp³-hybridized carbons (Fsp3) is 0.421. The minimum absolute atomic E-state index is 0.117. The van der Waals surface area contributed by atoms with E-state index in [1.54, 1.807) is 16.7 Å². The summed E-state index contributed by atoms with van der Waals surface area (Å²) in [5.41, 5.74) is -0.300. The monoisotopic (exact) mass is 378 g/mol. The fourth-order valence-corrected chi connectivity index (χ4v) is 3.91. The Kier molecular flexibility index (Phi) is 4.69. The van der Waals surface area contributed by atoms with Crippen LogP contribution in [0.25, 0.3) is 21.8 Å². The van der Waals surface area contributed by atoms with Crippen LogP contribution in [-0.2, 0) is 12.7 Å². The van der Waals surface area contributed by atoms with Gasteiger partial charge in [0.25, 0.3) is 0 Å². The van der Waals surface area contributed by atoms with Gasteiger partial charge in [-0.2, -0.15) is 13.2 Å². The predicted molar refractivity (Wildman–Crippen MR) is 99.0 cm³/mol. The molecule has 0 saturated carbocycles. The lowest BCUT2D eigenvalue weighted by Gasteiger charge is -2.27. The molecule has 3 heterocycles. The predicted octanol–water partition coefficient (Wildman–Crippen LogP) is 2.80. The molecule has 0 amide bonds. The van der Waals surface area contributed by atoms with Crippen molar-refractivity contribution in [2.75, 3.05) is 32.7 Å². The van der Waals surface area contributed by atoms with Crippen molar-refractivity contribution in [3.63, 3.8) is 0 Å². The number of aromatic amines is 1. The highest BCUT2D eigenvalue weighted by molar-refractivity contribution is 6.08. The maximum atomic E-state index is 13.6. The van der Waals surface area contributed by atoms with Gasteiger partial charge in [0.1, 0.15) is 5.69 Å². The molecular formula is C19H21F3N4O. The first-order valence-electron chi connectivity index (χ1n) is 9.09. The average Bonchev–Trinajstić information content (AvgIpc) is 2.95. The lowest BCUT2D eigenvalue weighted by Crippen LogP contribution is -2.43. The van der Waals surface area contributed by atoms with Crippen molar-refractivity contribution < 1.29 is 13.2 Å². The molecule has 5 nitrogen and oxygen atoms in total. The van der Waals surface area contributed by atoms with Crippen LogP contribution in [-0.4, -0.2) is 47.2 Å². The molecule has 144 valence electrons. The number of aromatic nitrogens is 2. The standard InChI is InChI=1S/C19H21F3N4O/c20-19(21,22)18-17-15(4-5-24-18)14-3-2-13(27)12-16(14)26(17)9-1-8-25-10-6-23-7-11-25/h2-5,12,23-24H,1,6-11H2. The van der Waals surface area contributed by atoms with Crippen LogP contribution < -0.4 is 10.7 Å². The van der Waals surface area contributed by atoms with Crippen molar-refractivity contribution in [1.82, 2.24) is 19.8 Å². The molecule has 1 aromatic carbocycles. The highest BCUT2D eigenvalue weighted by Crippen LogP contribution is 2.37. The first kappa shape index (κ1) is 18.1. The van der Waals surface area contributed by atoms with Gasteiger partial charge in [0.05, 0.1) is 11.0 Å². The molecule has 0 radical (unpaired) electrons. The number of halogens is 3. The molecule has 0 unspecified atom stereocenters. The van der Waals surface area contributed by atoms with Gasteiger partial charge in [0, 0.05) is 55.8 Å². The largest absolute Gasteiger partial charge is 0.433 e. The number of benzene rings is 1. The maximum Gasteiger partial charge on any atom is 0.433 e. The Balaban J connectivity index is 1.77. The minimum Gasteiger partial charge on any atom is -0.356 e. The molecule has 8 heteroatoms. The summed E-state index contributed by atoms with van der Waals surface area (Å²) in [7, 11) is 0. The average molecular weight is 378 g/mol. The number of hydrogen-bond acceptors (Lipinski definition) is 3. The van der Waals surface area contributed by atoms with Crippen molar-refractivity contribution in [3.05, 3.63) is 46.4 Å². The summed E-state index contributed by atoms with van der Waals surface area (Å²) < 4.78 is 42.4. The van der Waals surface area contributed by atoms with E-state index in [4.69, 9.17) is 0 Å². The summed E-state index contributed by atoms with van der Waals surface area (Å²) in [5, 5.41) is 4.47. The minimum atomic E-state index is -4.50. The smallest absolute Gasteiger partial charge is 0.356 e. The number of piperazine rings is 1. The molecule has 4 rings (SSSR count). The van der Waals surface area contributed by atoms with Crippen molar-refractivity contribution in [2.24, 2.45) is 0 Å². The Morgan fingerprint density at radius 2 is 1.81 bits per heavy atom. The Labute approximate surface area is 153 Å². The highest BCUT2D eigenvalue weighted by atomic mass is 19.4. The van der Waals surface area contributed by atoms with Crippen LogP contribution >= 0.6 is 0 Å². The van der Waals surface area contributed by atoms with E-state index in [0.717, 1.165) is 32.7 Å². The number of pyridine rings is 1. The second-order valence-electron chi connectivity index (χ2n) is 6.89. The summed E-state index contributed by atoms with van der Waals surface area (Å²) in [6.07, 6.45) is -2.47. The zero-order chi connectivity index (χ0) is 19.0. The topological polar surface area (TPSA) is 53.1 Å². The van der Waals surface area contributed by atoms with E-state index in [2.05, 4.69) is 15.2 Å². The number of alkyl halides is 3. The molecule has 2 N–H and O–H groups in total. The Hall–Kier alpha value is -2.32. The molecular weight excluding hydrogens is 357 g/mol. The Morgan fingerprint density at radius 3 is 2.56 bits per heavy atom. The number of fused-ring (bicyclic) bond motifs is 3. The Bertz CT molecular complexity index is 1020. The molecule has 0 atom stereocenters. The lowest BCUT2D eigenvalue weighted by atomic mass is 10.1. The number of rotatable bonds is 4. The van der Waals surface area contributed by atoms with Gasteiger partial charge in [-0.1, -0.05) is 0 Å². The second-order valence-corrected chi connectivity index (χ2v) is 6.89. The normalized spacial score (nSPS) is 16.4. The number of nitrogens with zero attached hydrogens (tertiary/aromatic N) is 2. The quantitative estimate of drug-likeness (QED) is 0.734. The van der Waals surface area contributed by atoms with Crippen LogP contribution in [0.5, 0.6) is 0 Å². The van der Waals surface area contributed by atoms with Crippen LogP contribution in [0.1, 0.15) is 12.1 Å². The fourth-order valence-electron chi connectivity index (χ4n) is 3.91. The van der Waals surface area contributed by atoms with Gasteiger partial charge in [0.15, 0.2) is 5.43 Å². The Morgan fingerprint density at radius 1 is 1.04 bits per heavy atom. The van der Waals surface area contributed by atoms with E-state index in [9.17, 15) is 18.0 Å². The molecule has 1 fully saturated rings. The van der Waals surface area contributed by atoms with Gasteiger partial charge in [-0.25, -0.2) is 0 Å². The third-order valence-corrected chi connectivity index (χ3v) is 5.14. The number of hydrogen-bond donors (Lipinski definition) is 2. The molecule has 1 aliphatic heterocycles. The van der Waals surface area contributed by atoms with Crippen molar-refractivity contribution in [1.29, 1.82) is 0 Å². The van der Waals surface area contributed by atoms with Crippen LogP contribution in [0.3, 0.4) is 0 Å². The van der Waals surface area contributed by atoms with Crippen LogP contribution in [0.15, 0.2) is 35.3 Å². The molecule has 2 aromatic heterocycles. The summed E-state index contributed by atoms with van der Waals surface area (Å²) in [6.45, 7) is 5.00. The SMILES string of the molecule is O=c1ccc2c3cc[nH]c(C(F)(F)F)c3n(CCCN3CCNCC3)c2c1. The first-order chi connectivity index (χ1) is 12.9. The van der Waals surface area contributed by atoms with E-state index >= 15 is 0 Å². The van der Waals surface area contributed by atoms with Gasteiger partial charge in [-0.3, -0.25) is 4.79 Å². The van der Waals surface area contributed by atoms with Crippen molar-refractivity contribution >= 4 is 21.8 Å². The summed E-state index contributed by atoms with van der Waals surface area (Å²) >= 11 is 0. The van der Waals surface area contributed by atoms with E-state index in [1.165, 1.54) is 18.3 Å². The summed E-state index contributed by atoms with van der Waals surface area (Å²) in [4.78, 5) is 16.5. The third kappa shape index (κ3) is 3.46. The zero-order valence-electron chi connectivity index (χ0n) is 14.8. The van der Waals surface area contributed by atoms with Crippen molar-refractivity contribution in [2.45, 2.75) is 19.1 Å². The van der Waals surface area contributed by atoms with Gasteiger partial charge < -0.3 is 19.8 Å². The van der Waals surface area contributed by atoms with Crippen LogP contribution in [0, 0.1) is 0 Å². The summed E-state index contributed by atoms with van der Waals surface area (Å²) in [6, 6.07) is 6.09. The molecule has 0 aliphatic carbocycles. The van der Waals surface area contributed by atoms with Gasteiger partial charge in [-0.05, 0) is 31.2 Å². The lowest BCUT2D eigenvalue weighted by molar-refractivity contribution is -0.140. The van der Waals surface area contributed by atoms with Crippen LogP contribution in [0.2, 0.25) is 0 Å². The number of aryl methyl sites for hydroxylation is 1. The van der Waals surface area contributed by atoms with E-state index in [-0.39, 0.29) is 10.9 Å². The van der Waals surface area contributed by atoms with Gasteiger partial charge in [0.2, 0.25) is 0 Å². The van der Waals surface area contributed by atoms with E-state index in [0.29, 0.717) is 29.3 Å². The van der Waals surface area contributed by atoms with E-state index < -0.39 is 11.9 Å². The third-order valence-electron chi connectivity index (χ3n) is 5.14. The zero-order valence-corrected chi connectivity index (χ0v) is 14.8. The van der Waals surface area contributed by atoms with Crippen molar-refractivity contribution in [3.8, 4) is 0 Å². The number of H-pyrrole nitrogens is 1. The van der Waals surface area contributed by atoms with Gasteiger partial charge >= 0.3 is 6.18 Å². The highest BCUT2D eigenvalue weighted by Gasteiger charge is 2.35. The molecule has 27 heavy (non-hydrogen) atoms. The van der Waals surface area contributed by atoms with Crippen LogP contribution in [0.4, 0.5) is 13.2 Å².